The Balaban J connectivity index is 5.22. The molecule has 0 saturated heterocycles. The third-order valence-electron chi connectivity index (χ3n) is 13.3. The van der Waals surface area contributed by atoms with Gasteiger partial charge in [0, 0.05) is 12.8 Å². The zero-order valence-corrected chi connectivity index (χ0v) is 47.9. The fraction of sp³-hybridized carbons (Fsp3) is 0.867. The monoisotopic (exact) mass is 1010 g/mol. The molecule has 3 atom stereocenters. The van der Waals surface area contributed by atoms with Gasteiger partial charge in [-0.05, 0) is 57.4 Å². The Bertz CT molecular complexity index is 1300. The van der Waals surface area contributed by atoms with Gasteiger partial charge >= 0.3 is 5.97 Å². The number of amides is 1. The summed E-state index contributed by atoms with van der Waals surface area (Å²) in [5.41, 5.74) is 0. The minimum absolute atomic E-state index is 0.0215. The molecule has 9 nitrogen and oxygen atoms in total. The Morgan fingerprint density at radius 3 is 1.36 bits per heavy atom. The predicted octanol–water partition coefficient (Wildman–Crippen LogP) is 17.3. The van der Waals surface area contributed by atoms with Crippen molar-refractivity contribution in [3.63, 3.8) is 0 Å². The molecule has 0 aliphatic heterocycles. The molecule has 0 radical (unpaired) electrons. The van der Waals surface area contributed by atoms with Crippen LogP contribution in [0.15, 0.2) is 36.5 Å². The van der Waals surface area contributed by atoms with Crippen LogP contribution in [0.25, 0.3) is 0 Å². The molecule has 0 aliphatic rings. The summed E-state index contributed by atoms with van der Waals surface area (Å²) in [5, 5.41) is 3.03. The van der Waals surface area contributed by atoms with Crippen LogP contribution in [0.3, 0.4) is 0 Å². The smallest absolute Gasteiger partial charge is 0.306 e. The average molecular weight is 1010 g/mol. The molecule has 0 bridgehead atoms. The first-order valence-electron chi connectivity index (χ1n) is 29.8. The molecule has 0 aromatic carbocycles. The van der Waals surface area contributed by atoms with Crippen molar-refractivity contribution in [2.45, 2.75) is 296 Å². The first-order chi connectivity index (χ1) is 33.9. The molecule has 0 saturated carbocycles. The van der Waals surface area contributed by atoms with E-state index in [1.807, 2.05) is 33.3 Å². The summed E-state index contributed by atoms with van der Waals surface area (Å²) in [6.45, 7) is 6.75. The molecule has 0 heterocycles. The minimum Gasteiger partial charge on any atom is -0.756 e. The normalized spacial score (nSPS) is 14.0. The van der Waals surface area contributed by atoms with Gasteiger partial charge in [0.15, 0.2) is 0 Å². The van der Waals surface area contributed by atoms with Gasteiger partial charge in [-0.2, -0.15) is 0 Å². The average Bonchev–Trinajstić information content (AvgIpc) is 3.32. The molecule has 70 heavy (non-hydrogen) atoms. The summed E-state index contributed by atoms with van der Waals surface area (Å²) in [6, 6.07) is -0.886. The first-order valence-corrected chi connectivity index (χ1v) is 31.3. The van der Waals surface area contributed by atoms with Gasteiger partial charge in [0.05, 0.1) is 33.8 Å². The quantitative estimate of drug-likeness (QED) is 0.0212. The number of carbonyl (C=O) groups is 2. The van der Waals surface area contributed by atoms with Gasteiger partial charge in [0.2, 0.25) is 5.91 Å². The van der Waals surface area contributed by atoms with E-state index in [-0.39, 0.29) is 31.5 Å². The Hall–Kier alpha value is -1.77. The van der Waals surface area contributed by atoms with Crippen LogP contribution in [-0.2, 0) is 27.9 Å². The lowest BCUT2D eigenvalue weighted by Gasteiger charge is -2.30. The zero-order chi connectivity index (χ0) is 51.5. The second-order valence-electron chi connectivity index (χ2n) is 21.5. The lowest BCUT2D eigenvalue weighted by molar-refractivity contribution is -0.870. The van der Waals surface area contributed by atoms with Crippen LogP contribution in [0.4, 0.5) is 0 Å². The third-order valence-corrected chi connectivity index (χ3v) is 14.3. The number of likely N-dealkylation sites (N-methyl/N-ethyl adjacent to an activating group) is 1. The van der Waals surface area contributed by atoms with Crippen LogP contribution < -0.4 is 10.2 Å². The van der Waals surface area contributed by atoms with Crippen LogP contribution in [0.2, 0.25) is 0 Å². The largest absolute Gasteiger partial charge is 0.756 e. The molecule has 0 aromatic heterocycles. The van der Waals surface area contributed by atoms with Gasteiger partial charge < -0.3 is 28.5 Å². The fourth-order valence-electron chi connectivity index (χ4n) is 8.74. The van der Waals surface area contributed by atoms with E-state index in [0.717, 1.165) is 83.5 Å². The molecule has 0 aliphatic carbocycles. The van der Waals surface area contributed by atoms with Gasteiger partial charge in [-0.3, -0.25) is 14.2 Å². The van der Waals surface area contributed by atoms with Gasteiger partial charge in [-0.1, -0.05) is 250 Å². The topological polar surface area (TPSA) is 114 Å². The van der Waals surface area contributed by atoms with Gasteiger partial charge in [0.1, 0.15) is 19.3 Å². The number of hydrogen-bond donors (Lipinski definition) is 1. The maximum absolute atomic E-state index is 13.5. The number of hydrogen-bond acceptors (Lipinski definition) is 7. The second-order valence-corrected chi connectivity index (χ2v) is 22.9. The first kappa shape index (κ1) is 68.2. The Labute approximate surface area is 434 Å². The zero-order valence-electron chi connectivity index (χ0n) is 47.0. The highest BCUT2D eigenvalue weighted by Crippen LogP contribution is 2.38. The van der Waals surface area contributed by atoms with E-state index in [2.05, 4.69) is 50.4 Å². The van der Waals surface area contributed by atoms with Crippen LogP contribution >= 0.6 is 7.82 Å². The van der Waals surface area contributed by atoms with E-state index in [1.54, 1.807) is 0 Å². The van der Waals surface area contributed by atoms with Crippen molar-refractivity contribution in [3.05, 3.63) is 36.5 Å². The highest BCUT2D eigenvalue weighted by molar-refractivity contribution is 7.45. The number of rotatable bonds is 54. The Kier molecular flexibility index (Phi) is 49.5. The standard InChI is InChI=1S/C60H115N2O7P/c1-7-10-13-16-19-22-25-27-29-30-31-32-33-34-37-40-43-46-49-52-59(63)61-57(56-68-70(65,66)67-55-54-62(4,5)6)58(51-48-45-42-39-36-24-21-18-15-12-9-3)69-60(64)53-50-47-44-41-38-35-28-26-23-20-17-14-11-8-2/h11,14,20,23,48,51,57-58H,7-10,12-13,15-19,21-22,24-47,49-50,52-56H2,1-6H3,(H-,61,63,65,66)/b14-11+,23-20+,51-48+. The lowest BCUT2D eigenvalue weighted by atomic mass is 10.0. The highest BCUT2D eigenvalue weighted by atomic mass is 31.2. The summed E-state index contributed by atoms with van der Waals surface area (Å²) in [5.74, 6) is -0.540. The number of quaternary nitrogens is 1. The summed E-state index contributed by atoms with van der Waals surface area (Å²) < 4.78 is 30.2. The molecule has 1 amide bonds. The molecule has 0 rings (SSSR count). The van der Waals surface area contributed by atoms with E-state index in [4.69, 9.17) is 13.8 Å². The number of carbonyl (C=O) groups excluding carboxylic acids is 2. The molecule has 0 aromatic rings. The molecule has 0 spiro atoms. The number of ether oxygens (including phenoxy) is 1. The molecular weight excluding hydrogens is 892 g/mol. The summed E-state index contributed by atoms with van der Waals surface area (Å²) in [4.78, 5) is 39.9. The van der Waals surface area contributed by atoms with Crippen LogP contribution in [0.5, 0.6) is 0 Å². The van der Waals surface area contributed by atoms with E-state index < -0.39 is 20.0 Å². The third kappa shape index (κ3) is 51.1. The SMILES string of the molecule is CC/C=C/C/C=C/CCCCCCCCCC(=O)OC(/C=C/CCCCCCCCCCC)C(COP(=O)([O-])OCC[N+](C)(C)C)NC(=O)CCCCCCCCCCCCCCCCCCCCC. The van der Waals surface area contributed by atoms with Gasteiger partial charge in [-0.25, -0.2) is 0 Å². The number of phosphoric ester groups is 1. The highest BCUT2D eigenvalue weighted by Gasteiger charge is 2.27. The molecule has 0 fully saturated rings. The molecule has 1 N–H and O–H groups in total. The van der Waals surface area contributed by atoms with Crippen molar-refractivity contribution in [2.75, 3.05) is 40.9 Å². The van der Waals surface area contributed by atoms with Crippen molar-refractivity contribution in [2.24, 2.45) is 0 Å². The second kappa shape index (κ2) is 50.7. The summed E-state index contributed by atoms with van der Waals surface area (Å²) >= 11 is 0. The molecule has 3 unspecified atom stereocenters. The Morgan fingerprint density at radius 2 is 0.914 bits per heavy atom. The van der Waals surface area contributed by atoms with Crippen LogP contribution in [0.1, 0.15) is 284 Å². The maximum Gasteiger partial charge on any atom is 0.306 e. The van der Waals surface area contributed by atoms with E-state index >= 15 is 0 Å². The van der Waals surface area contributed by atoms with Crippen molar-refractivity contribution >= 4 is 19.7 Å². The lowest BCUT2D eigenvalue weighted by Crippen LogP contribution is -2.47. The number of esters is 1. The van der Waals surface area contributed by atoms with Crippen molar-refractivity contribution in [3.8, 4) is 0 Å². The number of nitrogens with one attached hydrogen (secondary N) is 1. The van der Waals surface area contributed by atoms with E-state index in [0.29, 0.717) is 17.4 Å². The number of unbranched alkanes of at least 4 members (excludes halogenated alkanes) is 34. The van der Waals surface area contributed by atoms with Crippen LogP contribution in [-0.4, -0.2) is 69.4 Å². The minimum atomic E-state index is -4.69. The van der Waals surface area contributed by atoms with Crippen molar-refractivity contribution in [1.82, 2.24) is 5.32 Å². The summed E-state index contributed by atoms with van der Waals surface area (Å²) in [7, 11) is 1.19. The van der Waals surface area contributed by atoms with Gasteiger partial charge in [0.25, 0.3) is 7.82 Å². The number of phosphoric acid groups is 1. The van der Waals surface area contributed by atoms with Gasteiger partial charge in [-0.15, -0.1) is 0 Å². The molecule has 412 valence electrons. The van der Waals surface area contributed by atoms with E-state index in [9.17, 15) is 19.0 Å². The summed E-state index contributed by atoms with van der Waals surface area (Å²) in [6.07, 6.45) is 59.7. The molecule has 10 heteroatoms. The Morgan fingerprint density at radius 1 is 0.514 bits per heavy atom. The van der Waals surface area contributed by atoms with E-state index in [1.165, 1.54) is 167 Å². The fourth-order valence-corrected chi connectivity index (χ4v) is 9.46. The number of nitrogens with zero attached hydrogens (tertiary/aromatic N) is 1. The maximum atomic E-state index is 13.5. The van der Waals surface area contributed by atoms with Crippen molar-refractivity contribution in [1.29, 1.82) is 0 Å². The molecular formula is C60H115N2O7P. The van der Waals surface area contributed by atoms with Crippen molar-refractivity contribution < 1.29 is 37.3 Å². The predicted molar refractivity (Wildman–Crippen MR) is 298 cm³/mol. The van der Waals surface area contributed by atoms with Crippen LogP contribution in [0, 0.1) is 0 Å². The number of allylic oxidation sites excluding steroid dienone is 5.